The lowest BCUT2D eigenvalue weighted by atomic mass is 10.1. The molecule has 0 amide bonds. The van der Waals surface area contributed by atoms with E-state index in [1.165, 1.54) is 0 Å². The first-order valence-electron chi connectivity index (χ1n) is 2.88. The average Bonchev–Trinajstić information content (AvgIpc) is 1.80. The highest BCUT2D eigenvalue weighted by Crippen LogP contribution is 2.23. The van der Waals surface area contributed by atoms with E-state index >= 15 is 0 Å². The maximum atomic E-state index is 12.6. The van der Waals surface area contributed by atoms with Crippen molar-refractivity contribution in [2.45, 2.75) is 18.2 Å². The van der Waals surface area contributed by atoms with Crippen molar-refractivity contribution in [2.75, 3.05) is 0 Å². The van der Waals surface area contributed by atoms with Gasteiger partial charge in [-0.25, -0.2) is 4.39 Å². The second kappa shape index (κ2) is 2.65. The summed E-state index contributed by atoms with van der Waals surface area (Å²) in [5.74, 6) is -0.0943. The third-order valence-electron chi connectivity index (χ3n) is 1.35. The standard InChI is InChI=1S/C7H8BrF/c1-5-2-3-6(8)4-7(5)9/h2,4,6H,3H2,1H3. The summed E-state index contributed by atoms with van der Waals surface area (Å²) in [5.41, 5.74) is 0.755. The second-order valence-corrected chi connectivity index (χ2v) is 3.33. The van der Waals surface area contributed by atoms with Gasteiger partial charge in [0.05, 0.1) is 0 Å². The van der Waals surface area contributed by atoms with Gasteiger partial charge in [0.25, 0.3) is 0 Å². The Bertz CT molecular complexity index is 170. The average molecular weight is 191 g/mol. The lowest BCUT2D eigenvalue weighted by Gasteiger charge is -2.08. The molecule has 0 aromatic rings. The molecule has 0 saturated carbocycles. The van der Waals surface area contributed by atoms with Crippen molar-refractivity contribution < 1.29 is 4.39 Å². The first kappa shape index (κ1) is 7.00. The van der Waals surface area contributed by atoms with Crippen LogP contribution in [-0.4, -0.2) is 4.83 Å². The SMILES string of the molecule is CC1=CCC(Br)C=C1F. The zero-order valence-corrected chi connectivity index (χ0v) is 6.78. The molecule has 0 aromatic heterocycles. The van der Waals surface area contributed by atoms with Crippen LogP contribution >= 0.6 is 15.9 Å². The molecule has 0 spiro atoms. The smallest absolute Gasteiger partial charge is 0.122 e. The Kier molecular flexibility index (Phi) is 2.06. The summed E-state index contributed by atoms with van der Waals surface area (Å²) in [6.07, 6.45) is 4.39. The van der Waals surface area contributed by atoms with Crippen LogP contribution in [0.5, 0.6) is 0 Å². The van der Waals surface area contributed by atoms with Gasteiger partial charge in [0.1, 0.15) is 5.83 Å². The molecule has 1 atom stereocenters. The summed E-state index contributed by atoms with van der Waals surface area (Å²) in [7, 11) is 0. The summed E-state index contributed by atoms with van der Waals surface area (Å²) in [6, 6.07) is 0. The predicted molar refractivity (Wildman–Crippen MR) is 40.3 cm³/mol. The van der Waals surface area contributed by atoms with Gasteiger partial charge < -0.3 is 0 Å². The molecule has 1 unspecified atom stereocenters. The lowest BCUT2D eigenvalue weighted by molar-refractivity contribution is 0.638. The third-order valence-corrected chi connectivity index (χ3v) is 1.99. The third kappa shape index (κ3) is 1.65. The summed E-state index contributed by atoms with van der Waals surface area (Å²) >= 11 is 3.30. The largest absolute Gasteiger partial charge is 0.207 e. The van der Waals surface area contributed by atoms with E-state index < -0.39 is 0 Å². The lowest BCUT2D eigenvalue weighted by Crippen LogP contribution is -1.97. The molecular formula is C7H8BrF. The fourth-order valence-electron chi connectivity index (χ4n) is 0.745. The molecule has 1 aliphatic rings. The number of hydrogen-bond acceptors (Lipinski definition) is 0. The Morgan fingerprint density at radius 2 is 2.44 bits per heavy atom. The van der Waals surface area contributed by atoms with Gasteiger partial charge in [-0.1, -0.05) is 22.0 Å². The monoisotopic (exact) mass is 190 g/mol. The van der Waals surface area contributed by atoms with Gasteiger partial charge in [-0.2, -0.15) is 0 Å². The fraction of sp³-hybridized carbons (Fsp3) is 0.429. The highest BCUT2D eigenvalue weighted by atomic mass is 79.9. The normalized spacial score (nSPS) is 27.2. The van der Waals surface area contributed by atoms with Crippen molar-refractivity contribution in [1.29, 1.82) is 0 Å². The van der Waals surface area contributed by atoms with Crippen molar-refractivity contribution in [3.63, 3.8) is 0 Å². The molecule has 0 saturated heterocycles. The summed E-state index contributed by atoms with van der Waals surface area (Å²) in [5, 5.41) is 0. The molecule has 0 N–H and O–H groups in total. The molecule has 50 valence electrons. The van der Waals surface area contributed by atoms with Crippen LogP contribution in [0.4, 0.5) is 4.39 Å². The number of alkyl halides is 1. The predicted octanol–water partition coefficient (Wildman–Crippen LogP) is 2.95. The molecule has 0 heterocycles. The van der Waals surface area contributed by atoms with Gasteiger partial charge in [-0.05, 0) is 25.0 Å². The molecule has 0 radical (unpaired) electrons. The van der Waals surface area contributed by atoms with Crippen LogP contribution in [0.1, 0.15) is 13.3 Å². The van der Waals surface area contributed by atoms with E-state index in [1.807, 2.05) is 6.08 Å². The van der Waals surface area contributed by atoms with Crippen LogP contribution in [0, 0.1) is 0 Å². The molecule has 0 bridgehead atoms. The topological polar surface area (TPSA) is 0 Å². The second-order valence-electron chi connectivity index (χ2n) is 2.15. The summed E-state index contributed by atoms with van der Waals surface area (Å²) in [4.78, 5) is 0.196. The van der Waals surface area contributed by atoms with Crippen LogP contribution in [-0.2, 0) is 0 Å². The number of allylic oxidation sites excluding steroid dienone is 4. The van der Waals surface area contributed by atoms with Crippen molar-refractivity contribution in [2.24, 2.45) is 0 Å². The Hall–Kier alpha value is -0.110. The Morgan fingerprint density at radius 3 is 2.89 bits per heavy atom. The van der Waals surface area contributed by atoms with E-state index in [2.05, 4.69) is 15.9 Å². The summed E-state index contributed by atoms with van der Waals surface area (Å²) < 4.78 is 12.6. The highest BCUT2D eigenvalue weighted by Gasteiger charge is 2.08. The van der Waals surface area contributed by atoms with E-state index in [0.29, 0.717) is 0 Å². The number of rotatable bonds is 0. The van der Waals surface area contributed by atoms with Gasteiger partial charge in [0.2, 0.25) is 0 Å². The van der Waals surface area contributed by atoms with E-state index in [9.17, 15) is 4.39 Å². The molecule has 0 fully saturated rings. The molecule has 0 nitrogen and oxygen atoms in total. The van der Waals surface area contributed by atoms with E-state index in [-0.39, 0.29) is 10.7 Å². The summed E-state index contributed by atoms with van der Waals surface area (Å²) in [6.45, 7) is 1.78. The first-order valence-corrected chi connectivity index (χ1v) is 3.80. The van der Waals surface area contributed by atoms with Gasteiger partial charge >= 0.3 is 0 Å². The van der Waals surface area contributed by atoms with Gasteiger partial charge in [-0.15, -0.1) is 0 Å². The minimum absolute atomic E-state index is 0.0943. The zero-order chi connectivity index (χ0) is 6.85. The maximum Gasteiger partial charge on any atom is 0.122 e. The fourth-order valence-corrected chi connectivity index (χ4v) is 1.16. The van der Waals surface area contributed by atoms with Crippen LogP contribution in [0.15, 0.2) is 23.6 Å². The molecule has 2 heteroatoms. The Labute approximate surface area is 62.6 Å². The maximum absolute atomic E-state index is 12.6. The van der Waals surface area contributed by atoms with E-state index in [1.54, 1.807) is 13.0 Å². The van der Waals surface area contributed by atoms with Crippen molar-refractivity contribution in [3.8, 4) is 0 Å². The zero-order valence-electron chi connectivity index (χ0n) is 5.20. The van der Waals surface area contributed by atoms with Crippen LogP contribution < -0.4 is 0 Å². The van der Waals surface area contributed by atoms with Gasteiger partial charge in [0, 0.05) is 4.83 Å². The molecule has 9 heavy (non-hydrogen) atoms. The quantitative estimate of drug-likeness (QED) is 0.516. The first-order chi connectivity index (χ1) is 4.20. The molecule has 0 aromatic carbocycles. The minimum Gasteiger partial charge on any atom is -0.207 e. The Morgan fingerprint density at radius 1 is 1.78 bits per heavy atom. The van der Waals surface area contributed by atoms with Crippen LogP contribution in [0.3, 0.4) is 0 Å². The molecular weight excluding hydrogens is 183 g/mol. The molecule has 0 aliphatic heterocycles. The van der Waals surface area contributed by atoms with Gasteiger partial charge in [0.15, 0.2) is 0 Å². The highest BCUT2D eigenvalue weighted by molar-refractivity contribution is 9.09. The Balaban J connectivity index is 2.75. The van der Waals surface area contributed by atoms with Crippen LogP contribution in [0.25, 0.3) is 0 Å². The van der Waals surface area contributed by atoms with E-state index in [4.69, 9.17) is 0 Å². The van der Waals surface area contributed by atoms with Gasteiger partial charge in [-0.3, -0.25) is 0 Å². The number of halogens is 2. The van der Waals surface area contributed by atoms with Crippen molar-refractivity contribution in [3.05, 3.63) is 23.6 Å². The minimum atomic E-state index is -0.0943. The van der Waals surface area contributed by atoms with E-state index in [0.717, 1.165) is 12.0 Å². The van der Waals surface area contributed by atoms with Crippen LogP contribution in [0.2, 0.25) is 0 Å². The molecule has 1 aliphatic carbocycles. The van der Waals surface area contributed by atoms with Crippen molar-refractivity contribution >= 4 is 15.9 Å². The van der Waals surface area contributed by atoms with Crippen molar-refractivity contribution in [1.82, 2.24) is 0 Å². The molecule has 1 rings (SSSR count). The number of hydrogen-bond donors (Lipinski definition) is 0.